The summed E-state index contributed by atoms with van der Waals surface area (Å²) in [5, 5.41) is 0. The molecule has 3 rings (SSSR count). The molecule has 2 N–H and O–H groups in total. The van der Waals surface area contributed by atoms with Crippen molar-refractivity contribution in [3.63, 3.8) is 0 Å². The average Bonchev–Trinajstić information content (AvgIpc) is 2.89. The van der Waals surface area contributed by atoms with E-state index in [1.54, 1.807) is 0 Å². The van der Waals surface area contributed by atoms with Crippen molar-refractivity contribution in [2.45, 2.75) is 6.92 Å². The van der Waals surface area contributed by atoms with Crippen molar-refractivity contribution in [1.82, 2.24) is 9.97 Å². The highest BCUT2D eigenvalue weighted by Gasteiger charge is 2.14. The molecule has 20 heavy (non-hydrogen) atoms. The Labute approximate surface area is 124 Å². The van der Waals surface area contributed by atoms with Gasteiger partial charge in [-0.2, -0.15) is 0 Å². The van der Waals surface area contributed by atoms with Gasteiger partial charge in [0.15, 0.2) is 11.6 Å². The fraction of sp³-hybridized carbons (Fsp3) is 0.0667. The number of nitrogens with two attached hydrogens (primary N) is 1. The second kappa shape index (κ2) is 5.09. The predicted octanol–water partition coefficient (Wildman–Crippen LogP) is 4.06. The van der Waals surface area contributed by atoms with Crippen molar-refractivity contribution in [2.24, 2.45) is 0 Å². The quantitative estimate of drug-likeness (QED) is 0.770. The maximum absolute atomic E-state index is 5.96. The molecule has 0 saturated heterocycles. The van der Waals surface area contributed by atoms with E-state index in [0.29, 0.717) is 21.9 Å². The molecular weight excluding hydrogens is 318 g/mol. The van der Waals surface area contributed by atoms with E-state index < -0.39 is 0 Å². The Hall–Kier alpha value is -2.14. The van der Waals surface area contributed by atoms with E-state index in [2.05, 4.69) is 25.9 Å². The van der Waals surface area contributed by atoms with Crippen molar-refractivity contribution >= 4 is 21.7 Å². The predicted molar refractivity (Wildman–Crippen MR) is 82.0 cm³/mol. The number of benzene rings is 1. The SMILES string of the molecule is Cc1ccc(-c2nc(N)c(Br)c(-c3ccccc3)n2)o1. The monoisotopic (exact) mass is 329 g/mol. The number of aromatic nitrogens is 2. The van der Waals surface area contributed by atoms with Gasteiger partial charge < -0.3 is 10.2 Å². The van der Waals surface area contributed by atoms with Crippen LogP contribution in [-0.4, -0.2) is 9.97 Å². The molecule has 0 aliphatic heterocycles. The number of anilines is 1. The van der Waals surface area contributed by atoms with Gasteiger partial charge in [-0.25, -0.2) is 9.97 Å². The molecular formula is C15H12BrN3O. The molecule has 0 amide bonds. The Morgan fingerprint density at radius 3 is 2.45 bits per heavy atom. The van der Waals surface area contributed by atoms with Gasteiger partial charge in [-0.15, -0.1) is 0 Å². The first kappa shape index (κ1) is 12.9. The zero-order valence-electron chi connectivity index (χ0n) is 10.8. The van der Waals surface area contributed by atoms with Crippen LogP contribution in [0.15, 0.2) is 51.4 Å². The van der Waals surface area contributed by atoms with Gasteiger partial charge in [0.05, 0.1) is 10.2 Å². The summed E-state index contributed by atoms with van der Waals surface area (Å²) in [7, 11) is 0. The molecule has 5 heteroatoms. The lowest BCUT2D eigenvalue weighted by Gasteiger charge is -2.08. The maximum atomic E-state index is 5.96. The lowest BCUT2D eigenvalue weighted by atomic mass is 10.1. The van der Waals surface area contributed by atoms with Gasteiger partial charge in [0.1, 0.15) is 11.6 Å². The van der Waals surface area contributed by atoms with Crippen molar-refractivity contribution in [3.05, 3.63) is 52.7 Å². The van der Waals surface area contributed by atoms with Crippen LogP contribution in [0.2, 0.25) is 0 Å². The lowest BCUT2D eigenvalue weighted by molar-refractivity contribution is 0.544. The van der Waals surface area contributed by atoms with Crippen LogP contribution in [0.1, 0.15) is 5.76 Å². The molecule has 0 bridgehead atoms. The summed E-state index contributed by atoms with van der Waals surface area (Å²) in [6.07, 6.45) is 0. The van der Waals surface area contributed by atoms with E-state index in [1.807, 2.05) is 49.4 Å². The summed E-state index contributed by atoms with van der Waals surface area (Å²) in [5.41, 5.74) is 7.69. The Kier molecular flexibility index (Phi) is 3.28. The highest BCUT2D eigenvalue weighted by Crippen LogP contribution is 2.32. The van der Waals surface area contributed by atoms with Gasteiger partial charge >= 0.3 is 0 Å². The minimum Gasteiger partial charge on any atom is -0.458 e. The molecule has 0 aliphatic carbocycles. The first-order chi connectivity index (χ1) is 9.65. The number of halogens is 1. The fourth-order valence-corrected chi connectivity index (χ4v) is 2.32. The van der Waals surface area contributed by atoms with Crippen molar-refractivity contribution in [2.75, 3.05) is 5.73 Å². The number of nitrogen functional groups attached to an aromatic ring is 1. The second-order valence-corrected chi connectivity index (χ2v) is 5.16. The summed E-state index contributed by atoms with van der Waals surface area (Å²) in [6.45, 7) is 1.88. The van der Waals surface area contributed by atoms with Gasteiger partial charge in [-0.3, -0.25) is 0 Å². The number of nitrogens with zero attached hydrogens (tertiary/aromatic N) is 2. The number of hydrogen-bond donors (Lipinski definition) is 1. The van der Waals surface area contributed by atoms with Gasteiger partial charge in [0.2, 0.25) is 0 Å². The van der Waals surface area contributed by atoms with Gasteiger partial charge in [-0.1, -0.05) is 30.3 Å². The molecule has 0 unspecified atom stereocenters. The largest absolute Gasteiger partial charge is 0.458 e. The minimum atomic E-state index is 0.392. The minimum absolute atomic E-state index is 0.392. The molecule has 0 fully saturated rings. The van der Waals surface area contributed by atoms with E-state index >= 15 is 0 Å². The van der Waals surface area contributed by atoms with Gasteiger partial charge in [0, 0.05) is 5.56 Å². The molecule has 2 heterocycles. The van der Waals surface area contributed by atoms with E-state index in [4.69, 9.17) is 10.2 Å². The molecule has 100 valence electrons. The third kappa shape index (κ3) is 2.32. The highest BCUT2D eigenvalue weighted by molar-refractivity contribution is 9.10. The van der Waals surface area contributed by atoms with E-state index in [1.165, 1.54) is 0 Å². The second-order valence-electron chi connectivity index (χ2n) is 4.37. The molecule has 0 atom stereocenters. The van der Waals surface area contributed by atoms with Crippen LogP contribution in [-0.2, 0) is 0 Å². The van der Waals surface area contributed by atoms with Gasteiger partial charge in [-0.05, 0) is 35.0 Å². The Bertz CT molecular complexity index is 753. The van der Waals surface area contributed by atoms with Crippen molar-refractivity contribution < 1.29 is 4.42 Å². The van der Waals surface area contributed by atoms with Crippen LogP contribution < -0.4 is 5.73 Å². The van der Waals surface area contributed by atoms with E-state index in [-0.39, 0.29) is 0 Å². The lowest BCUT2D eigenvalue weighted by Crippen LogP contribution is -1.99. The molecule has 4 nitrogen and oxygen atoms in total. The molecule has 0 spiro atoms. The summed E-state index contributed by atoms with van der Waals surface area (Å²) in [6, 6.07) is 13.5. The summed E-state index contributed by atoms with van der Waals surface area (Å²) in [5.74, 6) is 2.30. The van der Waals surface area contributed by atoms with Crippen LogP contribution in [0.25, 0.3) is 22.8 Å². The average molecular weight is 330 g/mol. The topological polar surface area (TPSA) is 64.9 Å². The Morgan fingerprint density at radius 2 is 1.80 bits per heavy atom. The molecule has 2 aromatic heterocycles. The smallest absolute Gasteiger partial charge is 0.198 e. The third-order valence-corrected chi connectivity index (χ3v) is 3.67. The fourth-order valence-electron chi connectivity index (χ4n) is 1.92. The first-order valence-electron chi connectivity index (χ1n) is 6.10. The van der Waals surface area contributed by atoms with E-state index in [0.717, 1.165) is 17.0 Å². The Morgan fingerprint density at radius 1 is 1.05 bits per heavy atom. The summed E-state index contributed by atoms with van der Waals surface area (Å²) in [4.78, 5) is 8.82. The van der Waals surface area contributed by atoms with Crippen LogP contribution in [0.5, 0.6) is 0 Å². The summed E-state index contributed by atoms with van der Waals surface area (Å²) >= 11 is 3.45. The molecule has 1 aromatic carbocycles. The zero-order valence-corrected chi connectivity index (χ0v) is 12.4. The zero-order chi connectivity index (χ0) is 14.1. The molecule has 0 saturated carbocycles. The number of furan rings is 1. The summed E-state index contributed by atoms with van der Waals surface area (Å²) < 4.78 is 6.25. The van der Waals surface area contributed by atoms with Crippen LogP contribution >= 0.6 is 15.9 Å². The molecule has 3 aromatic rings. The standard InChI is InChI=1S/C15H12BrN3O/c1-9-7-8-11(20-9)15-18-13(12(16)14(17)19-15)10-5-3-2-4-6-10/h2-8H,1H3,(H2,17,18,19). The normalized spacial score (nSPS) is 10.7. The van der Waals surface area contributed by atoms with Crippen LogP contribution in [0, 0.1) is 6.92 Å². The van der Waals surface area contributed by atoms with Crippen molar-refractivity contribution in [1.29, 1.82) is 0 Å². The Balaban J connectivity index is 2.18. The molecule has 0 radical (unpaired) electrons. The number of hydrogen-bond acceptors (Lipinski definition) is 4. The van der Waals surface area contributed by atoms with Crippen molar-refractivity contribution in [3.8, 4) is 22.8 Å². The number of aryl methyl sites for hydroxylation is 1. The number of rotatable bonds is 2. The molecule has 0 aliphatic rings. The highest BCUT2D eigenvalue weighted by atomic mass is 79.9. The van der Waals surface area contributed by atoms with Gasteiger partial charge in [0.25, 0.3) is 0 Å². The van der Waals surface area contributed by atoms with E-state index in [9.17, 15) is 0 Å². The van der Waals surface area contributed by atoms with Crippen LogP contribution in [0.4, 0.5) is 5.82 Å². The first-order valence-corrected chi connectivity index (χ1v) is 6.89. The van der Waals surface area contributed by atoms with Crippen LogP contribution in [0.3, 0.4) is 0 Å². The maximum Gasteiger partial charge on any atom is 0.198 e. The third-order valence-electron chi connectivity index (χ3n) is 2.88.